The lowest BCUT2D eigenvalue weighted by Crippen LogP contribution is -2.47. The summed E-state index contributed by atoms with van der Waals surface area (Å²) < 4.78 is 18.5. The van der Waals surface area contributed by atoms with Crippen LogP contribution < -0.4 is 20.5 Å². The van der Waals surface area contributed by atoms with Gasteiger partial charge in [-0.05, 0) is 90.4 Å². The summed E-state index contributed by atoms with van der Waals surface area (Å²) in [7, 11) is 0. The highest BCUT2D eigenvalue weighted by molar-refractivity contribution is 6.11. The average molecular weight is 727 g/mol. The van der Waals surface area contributed by atoms with Crippen LogP contribution in [0.5, 0.6) is 0 Å². The fraction of sp³-hybridized carbons (Fsp3) is 0.275. The molecule has 1 heterocycles. The molecule has 0 aliphatic rings. The number of amides is 3. The fourth-order valence-electron chi connectivity index (χ4n) is 5.49. The van der Waals surface area contributed by atoms with Crippen molar-refractivity contribution in [2.75, 3.05) is 5.32 Å². The summed E-state index contributed by atoms with van der Waals surface area (Å²) >= 11 is 0. The van der Waals surface area contributed by atoms with Gasteiger partial charge in [-0.3, -0.25) is 16.0 Å². The second kappa shape index (κ2) is 16.6. The minimum atomic E-state index is -0.785. The highest BCUT2D eigenvalue weighted by Gasteiger charge is 2.25. The Morgan fingerprint density at radius 3 is 1.85 bits per heavy atom. The number of alkyl carbamates (subject to hydrolysis) is 2. The number of carbonyl (C=O) groups is 3. The van der Waals surface area contributed by atoms with Crippen molar-refractivity contribution in [3.8, 4) is 11.3 Å². The van der Waals surface area contributed by atoms with Gasteiger partial charge in [0.2, 0.25) is 17.2 Å². The number of aryl methyl sites for hydroxylation is 1. The molecular formula is C40H45ClN5O6+. The molecule has 5 rings (SSSR count). The summed E-state index contributed by atoms with van der Waals surface area (Å²) in [6, 6.07) is 30.9. The lowest BCUT2D eigenvalue weighted by atomic mass is 9.98. The van der Waals surface area contributed by atoms with Crippen molar-refractivity contribution < 1.29 is 33.2 Å². The molecule has 1 aromatic heterocycles. The summed E-state index contributed by atoms with van der Waals surface area (Å²) in [5, 5.41) is 10.8. The molecule has 0 spiro atoms. The molecule has 3 amide bonds. The van der Waals surface area contributed by atoms with Gasteiger partial charge in [0.25, 0.3) is 0 Å². The molecule has 12 heteroatoms. The smallest absolute Gasteiger partial charge is 0.414 e. The Balaban J connectivity index is 0.00000605. The van der Waals surface area contributed by atoms with Crippen molar-refractivity contribution in [1.29, 1.82) is 0 Å². The molecule has 0 bridgehead atoms. The standard InChI is InChI=1S/C40H43N5O6.ClH/c1-8-45-33-24-29(41-35(43-37(47)50-39(2,3)4)44-38(48)51-40(5,6)7)20-22-31(33)30-21-19-28(23-32(30)34(45)27-17-13-10-14-18-27)42-36(46)49-25-26-15-11-9-12-16-26;/h9-24H,8,25H2,1-7H3,(H2,42,43,44,46,47,48);1H/p+1. The van der Waals surface area contributed by atoms with Crippen LogP contribution >= 0.6 is 12.4 Å². The van der Waals surface area contributed by atoms with Crippen molar-refractivity contribution in [1.82, 2.24) is 10.6 Å². The van der Waals surface area contributed by atoms with E-state index in [9.17, 15) is 14.4 Å². The van der Waals surface area contributed by atoms with Gasteiger partial charge in [0.15, 0.2) is 0 Å². The lowest BCUT2D eigenvalue weighted by Gasteiger charge is -2.22. The highest BCUT2D eigenvalue weighted by Crippen LogP contribution is 2.34. The third kappa shape index (κ3) is 10.4. The molecule has 0 saturated carbocycles. The van der Waals surface area contributed by atoms with Crippen LogP contribution in [0.1, 0.15) is 54.0 Å². The molecule has 0 fully saturated rings. The molecule has 272 valence electrons. The van der Waals surface area contributed by atoms with E-state index in [-0.39, 0.29) is 25.0 Å². The van der Waals surface area contributed by atoms with Crippen LogP contribution in [0.3, 0.4) is 0 Å². The largest absolute Gasteiger partial charge is 0.444 e. The predicted octanol–water partition coefficient (Wildman–Crippen LogP) is 9.17. The number of hydrogen-bond acceptors (Lipinski definition) is 7. The third-order valence-corrected chi connectivity index (χ3v) is 7.41. The maximum absolute atomic E-state index is 12.8. The van der Waals surface area contributed by atoms with Crippen molar-refractivity contribution in [3.05, 3.63) is 103 Å². The van der Waals surface area contributed by atoms with E-state index in [1.54, 1.807) is 47.6 Å². The number of halogens is 1. The second-order valence-electron chi connectivity index (χ2n) is 13.8. The van der Waals surface area contributed by atoms with Crippen LogP contribution in [-0.4, -0.2) is 35.4 Å². The Labute approximate surface area is 309 Å². The predicted molar refractivity (Wildman–Crippen MR) is 206 cm³/mol. The summed E-state index contributed by atoms with van der Waals surface area (Å²) in [5.74, 6) is -0.153. The Kier molecular flexibility index (Phi) is 12.5. The second-order valence-corrected chi connectivity index (χ2v) is 13.8. The molecule has 0 unspecified atom stereocenters. The van der Waals surface area contributed by atoms with Gasteiger partial charge in [-0.1, -0.05) is 54.6 Å². The van der Waals surface area contributed by atoms with E-state index < -0.39 is 29.5 Å². The molecule has 0 aliphatic heterocycles. The Hall–Kier alpha value is -5.68. The van der Waals surface area contributed by atoms with Gasteiger partial charge in [0.1, 0.15) is 24.4 Å². The first-order chi connectivity index (χ1) is 24.2. The molecule has 4 aromatic carbocycles. The van der Waals surface area contributed by atoms with Gasteiger partial charge in [-0.15, -0.1) is 12.4 Å². The highest BCUT2D eigenvalue weighted by atomic mass is 35.5. The number of benzene rings is 4. The average Bonchev–Trinajstić information content (AvgIpc) is 3.05. The number of pyridine rings is 1. The number of aromatic nitrogens is 1. The first-order valence-corrected chi connectivity index (χ1v) is 16.7. The maximum atomic E-state index is 12.8. The number of rotatable bonds is 6. The molecule has 52 heavy (non-hydrogen) atoms. The number of nitrogens with zero attached hydrogens (tertiary/aromatic N) is 2. The Bertz CT molecular complexity index is 2060. The van der Waals surface area contributed by atoms with Gasteiger partial charge < -0.3 is 14.2 Å². The molecule has 0 saturated heterocycles. The topological polar surface area (TPSA) is 131 Å². The molecule has 0 atom stereocenters. The summed E-state index contributed by atoms with van der Waals surface area (Å²) in [4.78, 5) is 42.9. The number of fused-ring (bicyclic) bond motifs is 3. The van der Waals surface area contributed by atoms with E-state index in [2.05, 4.69) is 32.4 Å². The molecule has 3 N–H and O–H groups in total. The van der Waals surface area contributed by atoms with E-state index in [1.165, 1.54) is 0 Å². The Morgan fingerprint density at radius 1 is 0.692 bits per heavy atom. The van der Waals surface area contributed by atoms with Crippen LogP contribution in [0, 0.1) is 0 Å². The monoisotopic (exact) mass is 726 g/mol. The van der Waals surface area contributed by atoms with E-state index in [1.807, 2.05) is 91.0 Å². The first-order valence-electron chi connectivity index (χ1n) is 16.7. The van der Waals surface area contributed by atoms with Crippen molar-refractivity contribution in [2.24, 2.45) is 4.99 Å². The number of guanidine groups is 1. The third-order valence-electron chi connectivity index (χ3n) is 7.41. The quantitative estimate of drug-likeness (QED) is 0.0526. The number of aliphatic imine (C=N–C) groups is 1. The van der Waals surface area contributed by atoms with Crippen molar-refractivity contribution >= 4 is 69.7 Å². The van der Waals surface area contributed by atoms with Crippen molar-refractivity contribution in [3.63, 3.8) is 0 Å². The number of nitrogens with one attached hydrogen (secondary N) is 3. The fourth-order valence-corrected chi connectivity index (χ4v) is 5.49. The number of anilines is 1. The van der Waals surface area contributed by atoms with Crippen LogP contribution in [0.2, 0.25) is 0 Å². The van der Waals surface area contributed by atoms with Gasteiger partial charge in [0, 0.05) is 22.7 Å². The number of hydrogen-bond donors (Lipinski definition) is 3. The van der Waals surface area contributed by atoms with Gasteiger partial charge >= 0.3 is 18.3 Å². The van der Waals surface area contributed by atoms with Crippen LogP contribution in [0.25, 0.3) is 32.9 Å². The number of carbonyl (C=O) groups excluding carboxylic acids is 3. The SMILES string of the molecule is CC[n+]1c(-c2ccccc2)c2cc(NC(=O)OCc3ccccc3)ccc2c2ccc(N=C(NC(=O)OC(C)(C)C)NC(=O)OC(C)(C)C)cc21.Cl. The summed E-state index contributed by atoms with van der Waals surface area (Å²) in [6.45, 7) is 13.2. The first kappa shape index (κ1) is 39.1. The Morgan fingerprint density at radius 2 is 1.27 bits per heavy atom. The van der Waals surface area contributed by atoms with E-state index >= 15 is 0 Å². The van der Waals surface area contributed by atoms with Crippen LogP contribution in [-0.2, 0) is 27.4 Å². The number of ether oxygens (including phenoxy) is 3. The zero-order valence-electron chi connectivity index (χ0n) is 30.4. The van der Waals surface area contributed by atoms with E-state index in [0.29, 0.717) is 17.9 Å². The lowest BCUT2D eigenvalue weighted by molar-refractivity contribution is -0.655. The summed E-state index contributed by atoms with van der Waals surface area (Å²) in [6.07, 6.45) is -2.12. The molecule has 11 nitrogen and oxygen atoms in total. The molecule has 0 radical (unpaired) electrons. The van der Waals surface area contributed by atoms with Crippen molar-refractivity contribution in [2.45, 2.75) is 72.8 Å². The van der Waals surface area contributed by atoms with Crippen LogP contribution in [0.15, 0.2) is 102 Å². The molecule has 5 aromatic rings. The summed E-state index contributed by atoms with van der Waals surface area (Å²) in [5.41, 5.74) is 3.17. The minimum absolute atomic E-state index is 0. The van der Waals surface area contributed by atoms with Gasteiger partial charge in [-0.2, -0.15) is 4.57 Å². The minimum Gasteiger partial charge on any atom is -0.444 e. The van der Waals surface area contributed by atoms with E-state index in [4.69, 9.17) is 14.2 Å². The van der Waals surface area contributed by atoms with E-state index in [0.717, 1.165) is 38.5 Å². The maximum Gasteiger partial charge on any atom is 0.414 e. The molecule has 0 aliphatic carbocycles. The zero-order chi connectivity index (χ0) is 36.8. The zero-order valence-corrected chi connectivity index (χ0v) is 31.2. The van der Waals surface area contributed by atoms with Gasteiger partial charge in [0.05, 0.1) is 16.5 Å². The van der Waals surface area contributed by atoms with Crippen LogP contribution in [0.4, 0.5) is 25.8 Å². The molecular weight excluding hydrogens is 682 g/mol. The van der Waals surface area contributed by atoms with Gasteiger partial charge in [-0.25, -0.2) is 19.4 Å². The normalized spacial score (nSPS) is 11.2.